The van der Waals surface area contributed by atoms with Gasteiger partial charge in [-0.1, -0.05) is 0 Å². The Labute approximate surface area is 265 Å². The lowest BCUT2D eigenvalue weighted by Gasteiger charge is -2.42. The SMILES string of the molecule is CN1CCC(N2CCN(C(=O)Nc3cc(Oc4ccc(N(C(=O)C5(C(N)=O)CC5)c5ccc(F)cc5)cc4F)ccn3)CC2)CC1. The van der Waals surface area contributed by atoms with E-state index in [9.17, 15) is 18.8 Å². The number of ether oxygens (including phenoxy) is 1. The fraction of sp³-hybridized carbons (Fsp3) is 0.394. The van der Waals surface area contributed by atoms with Gasteiger partial charge in [-0.2, -0.15) is 0 Å². The van der Waals surface area contributed by atoms with Crippen molar-refractivity contribution in [1.82, 2.24) is 19.7 Å². The first-order valence-corrected chi connectivity index (χ1v) is 15.4. The second kappa shape index (κ2) is 13.0. The van der Waals surface area contributed by atoms with Gasteiger partial charge in [0, 0.05) is 56.2 Å². The number of piperazine rings is 1. The number of amides is 4. The van der Waals surface area contributed by atoms with Gasteiger partial charge in [-0.05, 0) is 88.3 Å². The quantitative estimate of drug-likeness (QED) is 0.354. The van der Waals surface area contributed by atoms with Gasteiger partial charge in [-0.25, -0.2) is 18.6 Å². The van der Waals surface area contributed by atoms with Crippen LogP contribution in [0.4, 0.5) is 30.8 Å². The van der Waals surface area contributed by atoms with Crippen LogP contribution in [0.25, 0.3) is 0 Å². The van der Waals surface area contributed by atoms with Gasteiger partial charge in [0.05, 0.1) is 5.69 Å². The lowest BCUT2D eigenvalue weighted by atomic mass is 10.0. The van der Waals surface area contributed by atoms with Crippen molar-refractivity contribution in [3.8, 4) is 11.5 Å². The number of carbonyl (C=O) groups excluding carboxylic acids is 3. The summed E-state index contributed by atoms with van der Waals surface area (Å²) in [4.78, 5) is 50.6. The molecular formula is C33H37F2N7O4. The number of nitrogens with one attached hydrogen (secondary N) is 1. The highest BCUT2D eigenvalue weighted by atomic mass is 19.1. The fourth-order valence-corrected chi connectivity index (χ4v) is 6.10. The zero-order valence-corrected chi connectivity index (χ0v) is 25.6. The molecule has 3 N–H and O–H groups in total. The van der Waals surface area contributed by atoms with E-state index in [1.807, 2.05) is 0 Å². The molecule has 0 spiro atoms. The molecule has 0 atom stereocenters. The van der Waals surface area contributed by atoms with Gasteiger partial charge in [0.25, 0.3) is 0 Å². The number of benzene rings is 2. The zero-order valence-electron chi connectivity index (χ0n) is 25.6. The predicted octanol–water partition coefficient (Wildman–Crippen LogP) is 4.33. The topological polar surface area (TPSA) is 124 Å². The number of anilines is 3. The molecule has 2 saturated heterocycles. The molecule has 1 saturated carbocycles. The van der Waals surface area contributed by atoms with Gasteiger partial charge in [-0.3, -0.25) is 24.7 Å². The Morgan fingerprint density at radius 1 is 0.935 bits per heavy atom. The van der Waals surface area contributed by atoms with Gasteiger partial charge in [-0.15, -0.1) is 0 Å². The van der Waals surface area contributed by atoms with Crippen molar-refractivity contribution in [3.05, 3.63) is 72.4 Å². The Balaban J connectivity index is 1.11. The summed E-state index contributed by atoms with van der Waals surface area (Å²) in [7, 11) is 2.14. The van der Waals surface area contributed by atoms with Crippen LogP contribution in [-0.2, 0) is 9.59 Å². The first-order valence-electron chi connectivity index (χ1n) is 15.4. The minimum Gasteiger partial charge on any atom is -0.454 e. The minimum absolute atomic E-state index is 0.118. The Morgan fingerprint density at radius 2 is 1.61 bits per heavy atom. The van der Waals surface area contributed by atoms with Crippen LogP contribution in [0.3, 0.4) is 0 Å². The standard InChI is InChI=1S/C33H37F2N7O4/c1-39-14-9-23(10-15-39)40-16-18-41(19-17-40)32(45)38-29-21-26(8-13-37-29)46-28-7-6-25(20-27(28)35)42(24-4-2-22(34)3-5-24)31(44)33(11-12-33)30(36)43/h2-8,13,20-21,23H,9-12,14-19H2,1H3,(H2,36,43)(H,37,38,45). The smallest absolute Gasteiger partial charge is 0.323 e. The molecule has 11 nitrogen and oxygen atoms in total. The third kappa shape index (κ3) is 6.65. The van der Waals surface area contributed by atoms with E-state index in [4.69, 9.17) is 10.5 Å². The van der Waals surface area contributed by atoms with E-state index in [-0.39, 0.29) is 47.6 Å². The predicted molar refractivity (Wildman–Crippen MR) is 168 cm³/mol. The van der Waals surface area contributed by atoms with E-state index < -0.39 is 28.9 Å². The van der Waals surface area contributed by atoms with Crippen LogP contribution in [0.5, 0.6) is 11.5 Å². The number of halogens is 2. The van der Waals surface area contributed by atoms with Crippen LogP contribution < -0.4 is 20.7 Å². The van der Waals surface area contributed by atoms with Crippen molar-refractivity contribution in [2.75, 3.05) is 56.5 Å². The molecule has 3 heterocycles. The molecule has 1 aliphatic carbocycles. The lowest BCUT2D eigenvalue weighted by Crippen LogP contribution is -2.54. The van der Waals surface area contributed by atoms with Gasteiger partial charge < -0.3 is 20.3 Å². The summed E-state index contributed by atoms with van der Waals surface area (Å²) >= 11 is 0. The van der Waals surface area contributed by atoms with Crippen molar-refractivity contribution < 1.29 is 27.9 Å². The molecule has 0 unspecified atom stereocenters. The fourth-order valence-electron chi connectivity index (χ4n) is 6.10. The number of primary amides is 1. The molecular weight excluding hydrogens is 596 g/mol. The largest absolute Gasteiger partial charge is 0.454 e. The molecule has 242 valence electrons. The van der Waals surface area contributed by atoms with Crippen molar-refractivity contribution in [1.29, 1.82) is 0 Å². The summed E-state index contributed by atoms with van der Waals surface area (Å²) < 4.78 is 34.9. The number of urea groups is 1. The highest BCUT2D eigenvalue weighted by Gasteiger charge is 2.57. The molecule has 2 aromatic carbocycles. The molecule has 4 amide bonds. The number of likely N-dealkylation sites (tertiary alicyclic amines) is 1. The number of nitrogens with two attached hydrogens (primary N) is 1. The number of hydrogen-bond donors (Lipinski definition) is 2. The number of nitrogens with zero attached hydrogens (tertiary/aromatic N) is 5. The monoisotopic (exact) mass is 633 g/mol. The highest BCUT2D eigenvalue weighted by molar-refractivity contribution is 6.16. The van der Waals surface area contributed by atoms with E-state index in [1.54, 1.807) is 4.90 Å². The van der Waals surface area contributed by atoms with Crippen molar-refractivity contribution in [2.24, 2.45) is 11.1 Å². The average Bonchev–Trinajstić information content (AvgIpc) is 3.87. The summed E-state index contributed by atoms with van der Waals surface area (Å²) in [5, 5.41) is 2.81. The Kier molecular flexibility index (Phi) is 8.87. The van der Waals surface area contributed by atoms with Crippen LogP contribution in [0.1, 0.15) is 25.7 Å². The third-order valence-electron chi connectivity index (χ3n) is 9.09. The Bertz CT molecular complexity index is 1600. The molecule has 1 aromatic heterocycles. The first kappa shape index (κ1) is 31.4. The molecule has 3 aliphatic rings. The van der Waals surface area contributed by atoms with Gasteiger partial charge in [0.1, 0.15) is 22.8 Å². The molecule has 46 heavy (non-hydrogen) atoms. The number of carbonyl (C=O) groups is 3. The molecule has 2 aliphatic heterocycles. The van der Waals surface area contributed by atoms with E-state index >= 15 is 4.39 Å². The molecule has 13 heteroatoms. The third-order valence-corrected chi connectivity index (χ3v) is 9.09. The van der Waals surface area contributed by atoms with Gasteiger partial charge >= 0.3 is 6.03 Å². The van der Waals surface area contributed by atoms with E-state index in [2.05, 4.69) is 27.1 Å². The van der Waals surface area contributed by atoms with Crippen LogP contribution in [0, 0.1) is 17.0 Å². The van der Waals surface area contributed by atoms with E-state index in [1.165, 1.54) is 54.7 Å². The van der Waals surface area contributed by atoms with Crippen LogP contribution in [-0.4, -0.2) is 89.9 Å². The summed E-state index contributed by atoms with van der Waals surface area (Å²) in [6.45, 7) is 5.06. The molecule has 3 fully saturated rings. The number of piperidine rings is 1. The molecule has 6 rings (SSSR count). The maximum Gasteiger partial charge on any atom is 0.323 e. The Hall–Kier alpha value is -4.62. The second-order valence-electron chi connectivity index (χ2n) is 12.1. The van der Waals surface area contributed by atoms with Crippen LogP contribution in [0.15, 0.2) is 60.8 Å². The number of aromatic nitrogens is 1. The van der Waals surface area contributed by atoms with Crippen LogP contribution >= 0.6 is 0 Å². The van der Waals surface area contributed by atoms with E-state index in [0.29, 0.717) is 19.1 Å². The summed E-state index contributed by atoms with van der Waals surface area (Å²) in [6.07, 6.45) is 4.28. The van der Waals surface area contributed by atoms with Crippen molar-refractivity contribution in [2.45, 2.75) is 31.7 Å². The average molecular weight is 634 g/mol. The molecule has 3 aromatic rings. The van der Waals surface area contributed by atoms with Gasteiger partial charge in [0.15, 0.2) is 11.6 Å². The normalized spacial score (nSPS) is 18.5. The number of rotatable bonds is 8. The highest BCUT2D eigenvalue weighted by Crippen LogP contribution is 2.49. The Morgan fingerprint density at radius 3 is 2.24 bits per heavy atom. The maximum absolute atomic E-state index is 15.4. The number of pyridine rings is 1. The zero-order chi connectivity index (χ0) is 32.4. The van der Waals surface area contributed by atoms with Gasteiger partial charge in [0.2, 0.25) is 11.8 Å². The van der Waals surface area contributed by atoms with Crippen molar-refractivity contribution in [3.63, 3.8) is 0 Å². The summed E-state index contributed by atoms with van der Waals surface area (Å²) in [5.74, 6) is -2.32. The summed E-state index contributed by atoms with van der Waals surface area (Å²) in [6, 6.07) is 12.3. The van der Waals surface area contributed by atoms with Crippen molar-refractivity contribution >= 4 is 35.0 Å². The number of hydrogen-bond acceptors (Lipinski definition) is 7. The maximum atomic E-state index is 15.4. The second-order valence-corrected chi connectivity index (χ2v) is 12.1. The summed E-state index contributed by atoms with van der Waals surface area (Å²) in [5.41, 5.74) is 4.52. The van der Waals surface area contributed by atoms with Crippen LogP contribution in [0.2, 0.25) is 0 Å². The first-order chi connectivity index (χ1) is 22.1. The lowest BCUT2D eigenvalue weighted by molar-refractivity contribution is -0.133. The van der Waals surface area contributed by atoms with E-state index in [0.717, 1.165) is 50.0 Å². The molecule has 0 radical (unpaired) electrons. The molecule has 0 bridgehead atoms. The minimum atomic E-state index is -1.39.